The number of aromatic amines is 1. The van der Waals surface area contributed by atoms with Crippen molar-refractivity contribution in [3.8, 4) is 0 Å². The van der Waals surface area contributed by atoms with Crippen LogP contribution in [0.4, 0.5) is 62.1 Å². The zero-order chi connectivity index (χ0) is 85.2. The summed E-state index contributed by atoms with van der Waals surface area (Å²) in [6.45, 7) is 11.6. The fourth-order valence-corrected chi connectivity index (χ4v) is 15.5. The summed E-state index contributed by atoms with van der Waals surface area (Å²) in [6.07, 6.45) is 0. The highest BCUT2D eigenvalue weighted by Gasteiger charge is 2.42. The number of anilines is 6. The predicted molar refractivity (Wildman–Crippen MR) is 455 cm³/mol. The van der Waals surface area contributed by atoms with E-state index in [0.29, 0.717) is 161 Å². The zero-order valence-electron chi connectivity index (χ0n) is 65.3. The van der Waals surface area contributed by atoms with Gasteiger partial charge >= 0.3 is 17.4 Å². The molecule has 3 unspecified atom stereocenters. The Morgan fingerprint density at radius 1 is 0.364 bits per heavy atom. The number of carbonyl (C=O) groups excluding carboxylic acids is 6. The monoisotopic (exact) mass is 1750 g/mol. The maximum absolute atomic E-state index is 14.1. The number of nitrogens with one attached hydrogen (secondary N) is 4. The van der Waals surface area contributed by atoms with Crippen LogP contribution in [-0.4, -0.2) is 214 Å². The highest BCUT2D eigenvalue weighted by atomic mass is 35.5. The van der Waals surface area contributed by atoms with E-state index >= 15 is 0 Å². The van der Waals surface area contributed by atoms with Gasteiger partial charge in [-0.2, -0.15) is 9.36 Å². The number of fused-ring (bicyclic) bond motifs is 3. The van der Waals surface area contributed by atoms with Gasteiger partial charge in [0.1, 0.15) is 53.0 Å². The maximum atomic E-state index is 14.1. The van der Waals surface area contributed by atoms with Crippen molar-refractivity contribution in [1.29, 1.82) is 0 Å². The molecule has 0 spiro atoms. The number of hydrogen-bond donors (Lipinski definition) is 4. The Balaban J connectivity index is 0.000000157. The third-order valence-electron chi connectivity index (χ3n) is 20.6. The molecule has 0 radical (unpaired) electrons. The van der Waals surface area contributed by atoms with Gasteiger partial charge in [-0.15, -0.1) is 0 Å². The lowest BCUT2D eigenvalue weighted by Gasteiger charge is -2.39. The highest BCUT2D eigenvalue weighted by Crippen LogP contribution is 2.43. The number of allylic oxidation sites excluding steroid dienone is 3. The van der Waals surface area contributed by atoms with Crippen LogP contribution in [0, 0.1) is 17.5 Å². The third-order valence-corrected chi connectivity index (χ3v) is 23.1. The van der Waals surface area contributed by atoms with Gasteiger partial charge in [-0.05, 0) is 158 Å². The van der Waals surface area contributed by atoms with Crippen LogP contribution in [0.1, 0.15) is 55.6 Å². The largest absolute Gasteiger partial charge is 0.368 e. The van der Waals surface area contributed by atoms with E-state index in [-0.39, 0.29) is 50.8 Å². The first-order chi connectivity index (χ1) is 56.1. The second kappa shape index (κ2) is 36.5. The molecule has 27 nitrogen and oxygen atoms in total. The SMILES string of the molecule is CC1=C(C(=O)N2CCN(c3ccc(F)cc3)CC2)C(c2ccc(Cl)c(Cl)c2)n2[nH]c(=O)cc2N1.CC1=C(C(=O)N2CCN(c3ccc(F)cc3)CC2)C(c2ccc(Cl)c(Cl)c2)n2c(cc(=O)n2C(=O)N(C)C)N1.CC1=C(C(=O)N2CCN(c3ccc(F)cc3)CC2)C(c2ccc(Cl)c(Cl)c2)n2c(cc(=O)n2C(=O)N(C)C)N1.CN(C)C(=O)Cl. The molecule has 0 aliphatic carbocycles. The summed E-state index contributed by atoms with van der Waals surface area (Å²) in [5.41, 5.74) is 6.35. The lowest BCUT2D eigenvalue weighted by molar-refractivity contribution is -0.128. The number of amides is 6. The second-order valence-electron chi connectivity index (χ2n) is 28.9. The van der Waals surface area contributed by atoms with Crippen LogP contribution in [0.3, 0.4) is 0 Å². The number of piperazine rings is 3. The molecule has 0 saturated carbocycles. The summed E-state index contributed by atoms with van der Waals surface area (Å²) < 4.78 is 46.7. The van der Waals surface area contributed by atoms with Gasteiger partial charge in [0, 0.05) is 173 Å². The lowest BCUT2D eigenvalue weighted by atomic mass is 9.94. The minimum absolute atomic E-state index is 0.125. The Morgan fingerprint density at radius 3 is 0.924 bits per heavy atom. The number of benzene rings is 6. The number of halogens is 10. The third kappa shape index (κ3) is 18.5. The number of carbonyl (C=O) groups is 6. The van der Waals surface area contributed by atoms with Gasteiger partial charge in [0.25, 0.3) is 34.4 Å². The van der Waals surface area contributed by atoms with Crippen molar-refractivity contribution in [1.82, 2.24) is 57.9 Å². The average Bonchev–Trinajstić information content (AvgIpc) is 1.56. The molecule has 9 heterocycles. The van der Waals surface area contributed by atoms with Crippen molar-refractivity contribution in [3.63, 3.8) is 0 Å². The predicted octanol–water partition coefficient (Wildman–Crippen LogP) is 13.7. The van der Waals surface area contributed by atoms with Crippen LogP contribution in [0.2, 0.25) is 30.1 Å². The van der Waals surface area contributed by atoms with Crippen LogP contribution in [-0.2, 0) is 14.4 Å². The number of rotatable bonds is 9. The van der Waals surface area contributed by atoms with Gasteiger partial charge in [-0.1, -0.05) is 87.8 Å². The van der Waals surface area contributed by atoms with Crippen molar-refractivity contribution in [2.75, 3.05) is 151 Å². The summed E-state index contributed by atoms with van der Waals surface area (Å²) in [5, 5.41) is 13.9. The second-order valence-corrected chi connectivity index (χ2v) is 31.7. The topological polar surface area (TPSA) is 259 Å². The van der Waals surface area contributed by atoms with Crippen LogP contribution < -0.4 is 47.3 Å². The Kier molecular flexibility index (Phi) is 26.7. The molecule has 118 heavy (non-hydrogen) atoms. The van der Waals surface area contributed by atoms with Crippen LogP contribution in [0.25, 0.3) is 0 Å². The van der Waals surface area contributed by atoms with E-state index in [9.17, 15) is 56.3 Å². The van der Waals surface area contributed by atoms with Crippen molar-refractivity contribution < 1.29 is 41.9 Å². The molecule has 3 fully saturated rings. The number of aromatic nitrogens is 6. The molecule has 15 rings (SSSR count). The number of nitrogens with zero attached hydrogens (tertiary/aromatic N) is 14. The maximum Gasteiger partial charge on any atom is 0.345 e. The summed E-state index contributed by atoms with van der Waals surface area (Å²) in [4.78, 5) is 132. The average molecular weight is 1760 g/mol. The lowest BCUT2D eigenvalue weighted by Crippen LogP contribution is -2.50. The fourth-order valence-electron chi connectivity index (χ4n) is 14.6. The van der Waals surface area contributed by atoms with Gasteiger partial charge in [-0.25, -0.2) is 32.1 Å². The smallest absolute Gasteiger partial charge is 0.345 e. The molecule has 6 aromatic carbocycles. The van der Waals surface area contributed by atoms with Crippen molar-refractivity contribution >= 4 is 151 Å². The first kappa shape index (κ1) is 86.4. The summed E-state index contributed by atoms with van der Waals surface area (Å²) in [7, 11) is 9.38. The minimum atomic E-state index is -0.828. The minimum Gasteiger partial charge on any atom is -0.368 e. The molecule has 9 aromatic rings. The quantitative estimate of drug-likeness (QED) is 0.0774. The van der Waals surface area contributed by atoms with Crippen molar-refractivity contribution in [3.05, 3.63) is 275 Å². The summed E-state index contributed by atoms with van der Waals surface area (Å²) in [6, 6.07) is 34.9. The molecular formula is C81H82Cl7F3N18O9. The number of H-pyrrole nitrogens is 1. The van der Waals surface area contributed by atoms with E-state index in [4.69, 9.17) is 81.2 Å². The first-order valence-electron chi connectivity index (χ1n) is 37.1. The fraction of sp³-hybridized carbons (Fsp3) is 0.296. The van der Waals surface area contributed by atoms with Crippen LogP contribution in [0.15, 0.2) is 194 Å². The zero-order valence-corrected chi connectivity index (χ0v) is 70.6. The van der Waals surface area contributed by atoms with Gasteiger partial charge in [0.15, 0.2) is 0 Å². The molecule has 6 aliphatic heterocycles. The van der Waals surface area contributed by atoms with Gasteiger partial charge in [0.05, 0.1) is 46.9 Å². The molecule has 3 aromatic heterocycles. The van der Waals surface area contributed by atoms with Gasteiger partial charge in [0.2, 0.25) is 0 Å². The molecule has 37 heteroatoms. The molecular weight excluding hydrogens is 1670 g/mol. The van der Waals surface area contributed by atoms with Crippen molar-refractivity contribution in [2.45, 2.75) is 38.9 Å². The van der Waals surface area contributed by atoms with Crippen LogP contribution >= 0.6 is 81.2 Å². The molecule has 4 N–H and O–H groups in total. The Bertz CT molecular complexity index is 5430. The normalized spacial score (nSPS) is 16.9. The standard InChI is InChI=1S/2C27H27Cl2FN6O3.C24H22Cl2FN5O2.C3H6ClNO/c2*1-16-24(26(38)34-12-10-33(11-13-34)19-7-5-18(30)6-8-19)25(17-4-9-20(28)21(29)14-17)35-22(31-16)15-23(37)36(35)27(39)32(2)3;1-14-22(24(34)31-10-8-30(9-11-31)17-5-3-16(27)4-6-17)23(15-2-7-18(25)19(26)12-15)32-20(28-14)13-21(33)29-32;1-5(2)3(4)6/h2*4-9,14-15,25,31H,10-13H2,1-3H3;2-7,12-13,23,28H,8-11H2,1H3,(H,29,33);1-2H3. The Labute approximate surface area is 711 Å². The van der Waals surface area contributed by atoms with E-state index < -0.39 is 46.7 Å². The summed E-state index contributed by atoms with van der Waals surface area (Å²) in [5.74, 6) is -0.150. The molecule has 6 amide bonds. The van der Waals surface area contributed by atoms with E-state index in [2.05, 4.69) is 35.7 Å². The van der Waals surface area contributed by atoms with Gasteiger partial charge in [-0.3, -0.25) is 43.3 Å². The Morgan fingerprint density at radius 2 is 0.644 bits per heavy atom. The highest BCUT2D eigenvalue weighted by molar-refractivity contribution is 6.62. The van der Waals surface area contributed by atoms with E-state index in [1.807, 2.05) is 6.92 Å². The molecule has 3 atom stereocenters. The van der Waals surface area contributed by atoms with Crippen molar-refractivity contribution in [2.24, 2.45) is 0 Å². The number of hydrogen-bond acceptors (Lipinski definition) is 15. The summed E-state index contributed by atoms with van der Waals surface area (Å²) >= 11 is 42.4. The van der Waals surface area contributed by atoms with E-state index in [0.717, 1.165) is 32.0 Å². The first-order valence-corrected chi connectivity index (χ1v) is 39.7. The molecule has 6 aliphatic rings. The molecule has 0 bridgehead atoms. The van der Waals surface area contributed by atoms with Gasteiger partial charge < -0.3 is 60.0 Å². The van der Waals surface area contributed by atoms with Crippen LogP contribution in [0.5, 0.6) is 0 Å². The van der Waals surface area contributed by atoms with E-state index in [1.54, 1.807) is 167 Å². The Hall–Kier alpha value is -11.0. The van der Waals surface area contributed by atoms with E-state index in [1.165, 1.54) is 78.7 Å². The molecule has 620 valence electrons. The molecule has 3 saturated heterocycles.